The fraction of sp³-hybridized carbons (Fsp3) is 0.800. The van der Waals surface area contributed by atoms with Crippen molar-refractivity contribution < 1.29 is 0 Å². The highest BCUT2D eigenvalue weighted by atomic mass is 79.9. The molecule has 1 aromatic heterocycles. The number of nitrogens with zero attached hydrogens (tertiary/aromatic N) is 2. The van der Waals surface area contributed by atoms with Gasteiger partial charge in [-0.15, -0.1) is 0 Å². The molecule has 3 atom stereocenters. The molecule has 0 spiro atoms. The van der Waals surface area contributed by atoms with Gasteiger partial charge in [0.1, 0.15) is 0 Å². The Morgan fingerprint density at radius 2 is 2.11 bits per heavy atom. The topological polar surface area (TPSA) is 29.9 Å². The van der Waals surface area contributed by atoms with Crippen LogP contribution in [0.3, 0.4) is 0 Å². The van der Waals surface area contributed by atoms with Crippen molar-refractivity contribution >= 4 is 15.9 Å². The van der Waals surface area contributed by atoms with Crippen LogP contribution in [0.15, 0.2) is 4.47 Å². The summed E-state index contributed by atoms with van der Waals surface area (Å²) in [6.45, 7) is 10.8. The van der Waals surface area contributed by atoms with Crippen molar-refractivity contribution in [3.8, 4) is 0 Å². The number of hydrogen-bond acceptors (Lipinski definition) is 2. The molecule has 108 valence electrons. The van der Waals surface area contributed by atoms with Crippen molar-refractivity contribution in [1.29, 1.82) is 0 Å². The van der Waals surface area contributed by atoms with E-state index in [-0.39, 0.29) is 0 Å². The lowest BCUT2D eigenvalue weighted by Crippen LogP contribution is -2.33. The summed E-state index contributed by atoms with van der Waals surface area (Å²) >= 11 is 3.67. The van der Waals surface area contributed by atoms with Gasteiger partial charge in [-0.05, 0) is 54.5 Å². The van der Waals surface area contributed by atoms with E-state index in [1.54, 1.807) is 0 Å². The third-order valence-corrected chi connectivity index (χ3v) is 5.77. The molecular weight excluding hydrogens is 302 g/mol. The van der Waals surface area contributed by atoms with Crippen molar-refractivity contribution in [2.45, 2.75) is 66.1 Å². The summed E-state index contributed by atoms with van der Waals surface area (Å²) in [6, 6.07) is 0.664. The van der Waals surface area contributed by atoms with Crippen molar-refractivity contribution in [3.05, 3.63) is 15.9 Å². The van der Waals surface area contributed by atoms with E-state index in [1.165, 1.54) is 29.4 Å². The molecule has 0 bridgehead atoms. The molecule has 1 aliphatic carbocycles. The standard InChI is InChI=1S/C15H26BrN3/c1-5-12-7-8-13(10(12)3)17-9-14-15(16)11(4)18-19(14)6-2/h10,12-13,17H,5-9H2,1-4H3. The lowest BCUT2D eigenvalue weighted by molar-refractivity contribution is 0.341. The average molecular weight is 328 g/mol. The van der Waals surface area contributed by atoms with E-state index in [9.17, 15) is 0 Å². The predicted molar refractivity (Wildman–Crippen MR) is 83.1 cm³/mol. The van der Waals surface area contributed by atoms with Gasteiger partial charge in [0, 0.05) is 19.1 Å². The maximum absolute atomic E-state index is 4.55. The SMILES string of the molecule is CCC1CCC(NCc2c(Br)c(C)nn2CC)C1C. The largest absolute Gasteiger partial charge is 0.308 e. The Morgan fingerprint density at radius 1 is 1.37 bits per heavy atom. The molecule has 0 radical (unpaired) electrons. The average Bonchev–Trinajstić information content (AvgIpc) is 2.89. The molecule has 3 nitrogen and oxygen atoms in total. The maximum Gasteiger partial charge on any atom is 0.0739 e. The van der Waals surface area contributed by atoms with E-state index >= 15 is 0 Å². The predicted octanol–water partition coefficient (Wildman–Crippen LogP) is 3.89. The summed E-state index contributed by atoms with van der Waals surface area (Å²) in [6.07, 6.45) is 4.01. The highest BCUT2D eigenvalue weighted by molar-refractivity contribution is 9.10. The smallest absolute Gasteiger partial charge is 0.0739 e. The fourth-order valence-corrected chi connectivity index (χ4v) is 3.80. The minimum atomic E-state index is 0.664. The molecule has 1 heterocycles. The van der Waals surface area contributed by atoms with Gasteiger partial charge in [0.2, 0.25) is 0 Å². The Hall–Kier alpha value is -0.350. The molecule has 4 heteroatoms. The Morgan fingerprint density at radius 3 is 2.68 bits per heavy atom. The summed E-state index contributed by atoms with van der Waals surface area (Å²) in [4.78, 5) is 0. The molecule has 0 aliphatic heterocycles. The molecule has 19 heavy (non-hydrogen) atoms. The van der Waals surface area contributed by atoms with Gasteiger partial charge in [0.15, 0.2) is 0 Å². The number of halogens is 1. The first-order chi connectivity index (χ1) is 9.08. The molecule has 1 aliphatic rings. The molecule has 0 saturated heterocycles. The van der Waals surface area contributed by atoms with E-state index < -0.39 is 0 Å². The first-order valence-corrected chi connectivity index (χ1v) is 8.32. The summed E-state index contributed by atoms with van der Waals surface area (Å²) < 4.78 is 3.27. The number of hydrogen-bond donors (Lipinski definition) is 1. The van der Waals surface area contributed by atoms with Crippen LogP contribution in [-0.2, 0) is 13.1 Å². The minimum Gasteiger partial charge on any atom is -0.308 e. The normalized spacial score (nSPS) is 27.1. The van der Waals surface area contributed by atoms with Gasteiger partial charge in [0.05, 0.1) is 15.9 Å². The van der Waals surface area contributed by atoms with Gasteiger partial charge >= 0.3 is 0 Å². The van der Waals surface area contributed by atoms with Gasteiger partial charge in [-0.1, -0.05) is 20.3 Å². The lowest BCUT2D eigenvalue weighted by atomic mass is 9.93. The highest BCUT2D eigenvalue weighted by Crippen LogP contribution is 2.34. The van der Waals surface area contributed by atoms with Gasteiger partial charge < -0.3 is 5.32 Å². The Labute approximate surface area is 125 Å². The van der Waals surface area contributed by atoms with Crippen LogP contribution in [0.25, 0.3) is 0 Å². The summed E-state index contributed by atoms with van der Waals surface area (Å²) in [7, 11) is 0. The second kappa shape index (κ2) is 6.40. The molecule has 1 aromatic rings. The van der Waals surface area contributed by atoms with Crippen LogP contribution < -0.4 is 5.32 Å². The third-order valence-electron chi connectivity index (χ3n) is 4.74. The quantitative estimate of drug-likeness (QED) is 0.889. The van der Waals surface area contributed by atoms with Gasteiger partial charge in [-0.2, -0.15) is 5.10 Å². The molecule has 0 amide bonds. The number of rotatable bonds is 5. The number of aryl methyl sites for hydroxylation is 2. The zero-order valence-electron chi connectivity index (χ0n) is 12.5. The van der Waals surface area contributed by atoms with Crippen LogP contribution >= 0.6 is 15.9 Å². The fourth-order valence-electron chi connectivity index (χ4n) is 3.38. The van der Waals surface area contributed by atoms with Gasteiger partial charge in [-0.3, -0.25) is 4.68 Å². The Balaban J connectivity index is 2.00. The van der Waals surface area contributed by atoms with E-state index in [4.69, 9.17) is 0 Å². The molecule has 1 N–H and O–H groups in total. The zero-order chi connectivity index (χ0) is 14.0. The molecule has 0 aromatic carbocycles. The van der Waals surface area contributed by atoms with Crippen molar-refractivity contribution in [1.82, 2.24) is 15.1 Å². The first-order valence-electron chi connectivity index (χ1n) is 7.53. The Bertz CT molecular complexity index is 427. The van der Waals surface area contributed by atoms with Crippen LogP contribution in [0.4, 0.5) is 0 Å². The van der Waals surface area contributed by atoms with E-state index in [1.807, 2.05) is 0 Å². The maximum atomic E-state index is 4.55. The summed E-state index contributed by atoms with van der Waals surface area (Å²) in [5, 5.41) is 8.30. The summed E-state index contributed by atoms with van der Waals surface area (Å²) in [5.74, 6) is 1.70. The van der Waals surface area contributed by atoms with Crippen LogP contribution in [0.2, 0.25) is 0 Å². The van der Waals surface area contributed by atoms with Crippen molar-refractivity contribution in [2.75, 3.05) is 0 Å². The Kier molecular flexibility index (Phi) is 5.07. The zero-order valence-corrected chi connectivity index (χ0v) is 14.1. The number of nitrogens with one attached hydrogen (secondary N) is 1. The van der Waals surface area contributed by atoms with E-state index in [0.717, 1.165) is 30.6 Å². The third kappa shape index (κ3) is 3.05. The minimum absolute atomic E-state index is 0.664. The lowest BCUT2D eigenvalue weighted by Gasteiger charge is -2.21. The highest BCUT2D eigenvalue weighted by Gasteiger charge is 2.31. The van der Waals surface area contributed by atoms with E-state index in [2.05, 4.69) is 58.7 Å². The number of aromatic nitrogens is 2. The molecule has 3 unspecified atom stereocenters. The first kappa shape index (κ1) is 15.0. The van der Waals surface area contributed by atoms with Crippen LogP contribution in [0, 0.1) is 18.8 Å². The second-order valence-corrected chi connectivity index (χ2v) is 6.55. The molecule has 1 fully saturated rings. The van der Waals surface area contributed by atoms with Crippen molar-refractivity contribution in [3.63, 3.8) is 0 Å². The van der Waals surface area contributed by atoms with Crippen molar-refractivity contribution in [2.24, 2.45) is 11.8 Å². The van der Waals surface area contributed by atoms with Crippen LogP contribution in [0.1, 0.15) is 51.4 Å². The van der Waals surface area contributed by atoms with Crippen LogP contribution in [-0.4, -0.2) is 15.8 Å². The second-order valence-electron chi connectivity index (χ2n) is 5.75. The molecule has 2 rings (SSSR count). The van der Waals surface area contributed by atoms with Crippen LogP contribution in [0.5, 0.6) is 0 Å². The summed E-state index contributed by atoms with van der Waals surface area (Å²) in [5.41, 5.74) is 2.37. The molecular formula is C15H26BrN3. The van der Waals surface area contributed by atoms with Gasteiger partial charge in [0.25, 0.3) is 0 Å². The van der Waals surface area contributed by atoms with Gasteiger partial charge in [-0.25, -0.2) is 0 Å². The molecule has 1 saturated carbocycles. The van der Waals surface area contributed by atoms with E-state index in [0.29, 0.717) is 6.04 Å². The monoisotopic (exact) mass is 327 g/mol.